The topological polar surface area (TPSA) is 52.6 Å². The summed E-state index contributed by atoms with van der Waals surface area (Å²) >= 11 is 0. The molecule has 0 aliphatic carbocycles. The number of nitrogens with one attached hydrogen (secondary N) is 1. The lowest BCUT2D eigenvalue weighted by Gasteiger charge is -2.46. The summed E-state index contributed by atoms with van der Waals surface area (Å²) in [6, 6.07) is 5.58. The maximum absolute atomic E-state index is 11.6. The highest BCUT2D eigenvalue weighted by Gasteiger charge is 2.33. The van der Waals surface area contributed by atoms with Crippen LogP contribution in [0.1, 0.15) is 24.2 Å². The number of carbonyl (C=O) groups excluding carboxylic acids is 2. The maximum Gasteiger partial charge on any atom is 0.296 e. The second-order valence-electron chi connectivity index (χ2n) is 6.17. The van der Waals surface area contributed by atoms with Gasteiger partial charge in [-0.05, 0) is 39.1 Å². The van der Waals surface area contributed by atoms with E-state index in [1.54, 1.807) is 6.07 Å². The van der Waals surface area contributed by atoms with Crippen LogP contribution in [0.25, 0.3) is 0 Å². The highest BCUT2D eigenvalue weighted by atomic mass is 16.2. The molecule has 2 aliphatic rings. The van der Waals surface area contributed by atoms with Gasteiger partial charge in [0, 0.05) is 30.9 Å². The van der Waals surface area contributed by atoms with Crippen LogP contribution < -0.4 is 10.2 Å². The normalized spacial score (nSPS) is 21.9. The molecule has 1 amide bonds. The number of anilines is 2. The van der Waals surface area contributed by atoms with E-state index in [0.29, 0.717) is 11.3 Å². The summed E-state index contributed by atoms with van der Waals surface area (Å²) in [4.78, 5) is 27.6. The molecule has 0 spiro atoms. The van der Waals surface area contributed by atoms with Gasteiger partial charge in [-0.15, -0.1) is 0 Å². The van der Waals surface area contributed by atoms with Gasteiger partial charge in [-0.3, -0.25) is 14.5 Å². The van der Waals surface area contributed by atoms with E-state index in [1.807, 2.05) is 12.1 Å². The molecule has 0 saturated carbocycles. The van der Waals surface area contributed by atoms with E-state index < -0.39 is 11.7 Å². The molecule has 1 fully saturated rings. The zero-order valence-corrected chi connectivity index (χ0v) is 12.1. The molecule has 0 bridgehead atoms. The zero-order chi connectivity index (χ0) is 14.5. The Morgan fingerprint density at radius 3 is 2.65 bits per heavy atom. The van der Waals surface area contributed by atoms with Gasteiger partial charge in [-0.1, -0.05) is 0 Å². The first-order valence-electron chi connectivity index (χ1n) is 6.84. The monoisotopic (exact) mass is 273 g/mol. The van der Waals surface area contributed by atoms with Gasteiger partial charge in [-0.25, -0.2) is 0 Å². The van der Waals surface area contributed by atoms with Crippen LogP contribution in [0.3, 0.4) is 0 Å². The van der Waals surface area contributed by atoms with E-state index in [2.05, 4.69) is 36.0 Å². The van der Waals surface area contributed by atoms with Crippen molar-refractivity contribution in [2.45, 2.75) is 19.4 Å². The first-order chi connectivity index (χ1) is 9.38. The Hall–Kier alpha value is -1.88. The minimum absolute atomic E-state index is 0.107. The highest BCUT2D eigenvalue weighted by molar-refractivity contribution is 6.51. The van der Waals surface area contributed by atoms with Crippen LogP contribution in [0.4, 0.5) is 11.4 Å². The van der Waals surface area contributed by atoms with Crippen molar-refractivity contribution in [1.29, 1.82) is 0 Å². The van der Waals surface area contributed by atoms with Crippen molar-refractivity contribution in [3.05, 3.63) is 23.8 Å². The van der Waals surface area contributed by atoms with Crippen molar-refractivity contribution in [2.24, 2.45) is 0 Å². The smallest absolute Gasteiger partial charge is 0.296 e. The second kappa shape index (κ2) is 4.31. The Kier molecular flexibility index (Phi) is 2.83. The zero-order valence-electron chi connectivity index (χ0n) is 12.1. The van der Waals surface area contributed by atoms with E-state index in [9.17, 15) is 9.59 Å². The fraction of sp³-hybridized carbons (Fsp3) is 0.467. The van der Waals surface area contributed by atoms with Gasteiger partial charge in [-0.2, -0.15) is 0 Å². The highest BCUT2D eigenvalue weighted by Crippen LogP contribution is 2.30. The molecule has 0 radical (unpaired) electrons. The van der Waals surface area contributed by atoms with E-state index >= 15 is 0 Å². The summed E-state index contributed by atoms with van der Waals surface area (Å²) in [5.41, 5.74) is 2.28. The summed E-state index contributed by atoms with van der Waals surface area (Å²) in [5, 5.41) is 2.63. The quantitative estimate of drug-likeness (QED) is 0.785. The van der Waals surface area contributed by atoms with Crippen LogP contribution >= 0.6 is 0 Å². The summed E-state index contributed by atoms with van der Waals surface area (Å²) < 4.78 is 0. The number of amides is 1. The number of rotatable bonds is 1. The van der Waals surface area contributed by atoms with Crippen molar-refractivity contribution < 1.29 is 9.59 Å². The summed E-state index contributed by atoms with van der Waals surface area (Å²) in [5.74, 6) is -0.971. The largest absolute Gasteiger partial charge is 0.368 e. The first-order valence-corrected chi connectivity index (χ1v) is 6.84. The third-order valence-corrected chi connectivity index (χ3v) is 4.38. The van der Waals surface area contributed by atoms with Crippen molar-refractivity contribution in [2.75, 3.05) is 36.9 Å². The van der Waals surface area contributed by atoms with Crippen molar-refractivity contribution in [3.8, 4) is 0 Å². The summed E-state index contributed by atoms with van der Waals surface area (Å²) in [6.45, 7) is 7.30. The lowest BCUT2D eigenvalue weighted by atomic mass is 9.99. The third kappa shape index (κ3) is 1.98. The van der Waals surface area contributed by atoms with Gasteiger partial charge in [0.05, 0.1) is 11.3 Å². The molecular formula is C15H19N3O2. The number of fused-ring (bicyclic) bond motifs is 1. The molecule has 5 nitrogen and oxygen atoms in total. The van der Waals surface area contributed by atoms with Gasteiger partial charge in [0.1, 0.15) is 0 Å². The minimum Gasteiger partial charge on any atom is -0.368 e. The molecule has 2 aliphatic heterocycles. The number of hydrogen-bond donors (Lipinski definition) is 1. The number of piperazine rings is 1. The summed E-state index contributed by atoms with van der Waals surface area (Å²) in [6.07, 6.45) is 0. The van der Waals surface area contributed by atoms with E-state index in [1.165, 1.54) is 0 Å². The molecular weight excluding hydrogens is 254 g/mol. The van der Waals surface area contributed by atoms with Crippen molar-refractivity contribution in [3.63, 3.8) is 0 Å². The molecule has 0 unspecified atom stereocenters. The van der Waals surface area contributed by atoms with Crippen molar-refractivity contribution in [1.82, 2.24) is 4.90 Å². The number of hydrogen-bond acceptors (Lipinski definition) is 4. The molecule has 1 aromatic rings. The number of carbonyl (C=O) groups is 2. The maximum atomic E-state index is 11.6. The average molecular weight is 273 g/mol. The first kappa shape index (κ1) is 13.1. The molecule has 3 rings (SSSR count). The molecule has 0 atom stereocenters. The fourth-order valence-electron chi connectivity index (χ4n) is 2.79. The number of Topliss-reactive ketones (excluding diaryl/α,β-unsaturated/α-hetero) is 1. The molecule has 106 valence electrons. The lowest BCUT2D eigenvalue weighted by molar-refractivity contribution is -0.112. The van der Waals surface area contributed by atoms with Crippen LogP contribution in [0.5, 0.6) is 0 Å². The summed E-state index contributed by atoms with van der Waals surface area (Å²) in [7, 11) is 2.14. The number of benzene rings is 1. The van der Waals surface area contributed by atoms with Gasteiger partial charge in [0.2, 0.25) is 0 Å². The molecule has 1 aromatic carbocycles. The third-order valence-electron chi connectivity index (χ3n) is 4.38. The van der Waals surface area contributed by atoms with Crippen LogP contribution in [0, 0.1) is 0 Å². The van der Waals surface area contributed by atoms with E-state index in [4.69, 9.17) is 0 Å². The van der Waals surface area contributed by atoms with Crippen LogP contribution in [0.15, 0.2) is 18.2 Å². The number of nitrogens with zero attached hydrogens (tertiary/aromatic N) is 2. The van der Waals surface area contributed by atoms with Gasteiger partial charge in [0.25, 0.3) is 11.7 Å². The number of ketones is 1. The predicted molar refractivity (Wildman–Crippen MR) is 78.3 cm³/mol. The standard InChI is InChI=1S/C15H19N3O2/c1-15(2)9-18(7-6-17(15)3)10-4-5-11-12(8-10)16-14(20)13(11)19/h4-5,8H,6-7,9H2,1-3H3,(H,16,19,20). The van der Waals surface area contributed by atoms with Crippen molar-refractivity contribution >= 4 is 23.1 Å². The Morgan fingerprint density at radius 2 is 1.95 bits per heavy atom. The molecule has 1 N–H and O–H groups in total. The Morgan fingerprint density at radius 1 is 1.20 bits per heavy atom. The molecule has 20 heavy (non-hydrogen) atoms. The van der Waals surface area contributed by atoms with Crippen LogP contribution in [-0.4, -0.2) is 48.8 Å². The second-order valence-corrected chi connectivity index (χ2v) is 6.17. The molecule has 0 aromatic heterocycles. The lowest BCUT2D eigenvalue weighted by Crippen LogP contribution is -2.57. The van der Waals surface area contributed by atoms with E-state index in [-0.39, 0.29) is 5.54 Å². The minimum atomic E-state index is -0.532. The van der Waals surface area contributed by atoms with Gasteiger partial charge >= 0.3 is 0 Å². The van der Waals surface area contributed by atoms with Crippen LogP contribution in [-0.2, 0) is 4.79 Å². The van der Waals surface area contributed by atoms with E-state index in [0.717, 1.165) is 25.3 Å². The van der Waals surface area contributed by atoms with Gasteiger partial charge in [0.15, 0.2) is 0 Å². The van der Waals surface area contributed by atoms with Crippen LogP contribution in [0.2, 0.25) is 0 Å². The Bertz CT molecular complexity index is 595. The average Bonchev–Trinajstić information content (AvgIpc) is 2.68. The fourth-order valence-corrected chi connectivity index (χ4v) is 2.79. The number of likely N-dealkylation sites (N-methyl/N-ethyl adjacent to an activating group) is 1. The molecule has 5 heteroatoms. The molecule has 1 saturated heterocycles. The predicted octanol–water partition coefficient (Wildman–Crippen LogP) is 1.35. The molecule has 2 heterocycles. The Balaban J connectivity index is 1.88. The van der Waals surface area contributed by atoms with Gasteiger partial charge < -0.3 is 10.2 Å². The Labute approximate surface area is 118 Å². The SMILES string of the molecule is CN1CCN(c2ccc3c(c2)NC(=O)C3=O)CC1(C)C.